The highest BCUT2D eigenvalue weighted by Gasteiger charge is 2.06. The monoisotopic (exact) mass is 271 g/mol. The Kier molecular flexibility index (Phi) is 4.25. The van der Waals surface area contributed by atoms with Crippen molar-refractivity contribution in [2.24, 2.45) is 0 Å². The second-order valence-corrected chi connectivity index (χ2v) is 4.33. The van der Waals surface area contributed by atoms with Gasteiger partial charge in [-0.1, -0.05) is 18.2 Å². The summed E-state index contributed by atoms with van der Waals surface area (Å²) in [6.45, 7) is 1.49. The van der Waals surface area contributed by atoms with Crippen LogP contribution in [0.15, 0.2) is 42.5 Å². The molecular formula is C16H17NO3. The van der Waals surface area contributed by atoms with Crippen LogP contribution in [0, 0.1) is 0 Å². The van der Waals surface area contributed by atoms with Gasteiger partial charge in [0.15, 0.2) is 11.5 Å². The molecule has 4 heteroatoms. The Labute approximate surface area is 118 Å². The Morgan fingerprint density at radius 3 is 2.30 bits per heavy atom. The molecule has 0 aliphatic rings. The predicted octanol–water partition coefficient (Wildman–Crippen LogP) is 3.33. The number of amides is 1. The third-order valence-corrected chi connectivity index (χ3v) is 2.90. The maximum Gasteiger partial charge on any atom is 0.221 e. The van der Waals surface area contributed by atoms with Crippen molar-refractivity contribution < 1.29 is 14.3 Å². The second-order valence-electron chi connectivity index (χ2n) is 4.33. The first-order valence-electron chi connectivity index (χ1n) is 6.24. The van der Waals surface area contributed by atoms with Crippen molar-refractivity contribution >= 4 is 11.6 Å². The molecule has 0 aliphatic heterocycles. The molecule has 0 aliphatic carbocycles. The van der Waals surface area contributed by atoms with Crippen LogP contribution in [0.25, 0.3) is 11.1 Å². The molecule has 0 atom stereocenters. The molecule has 0 saturated heterocycles. The van der Waals surface area contributed by atoms with Crippen molar-refractivity contribution in [2.45, 2.75) is 6.92 Å². The summed E-state index contributed by atoms with van der Waals surface area (Å²) in [5, 5.41) is 2.77. The number of methoxy groups -OCH3 is 2. The van der Waals surface area contributed by atoms with E-state index in [9.17, 15) is 4.79 Å². The lowest BCUT2D eigenvalue weighted by Crippen LogP contribution is -2.05. The first-order valence-corrected chi connectivity index (χ1v) is 6.24. The van der Waals surface area contributed by atoms with E-state index in [-0.39, 0.29) is 5.91 Å². The minimum atomic E-state index is -0.0885. The Morgan fingerprint density at radius 1 is 0.950 bits per heavy atom. The molecular weight excluding hydrogens is 254 g/mol. The fourth-order valence-corrected chi connectivity index (χ4v) is 2.00. The van der Waals surface area contributed by atoms with Gasteiger partial charge < -0.3 is 14.8 Å². The highest BCUT2D eigenvalue weighted by molar-refractivity contribution is 5.89. The maximum absolute atomic E-state index is 11.1. The van der Waals surface area contributed by atoms with E-state index in [1.165, 1.54) is 6.92 Å². The summed E-state index contributed by atoms with van der Waals surface area (Å²) in [6, 6.07) is 13.4. The van der Waals surface area contributed by atoms with Crippen molar-refractivity contribution in [3.05, 3.63) is 42.5 Å². The molecule has 20 heavy (non-hydrogen) atoms. The van der Waals surface area contributed by atoms with E-state index in [1.54, 1.807) is 14.2 Å². The second kappa shape index (κ2) is 6.10. The number of ether oxygens (including phenoxy) is 2. The molecule has 0 spiro atoms. The number of nitrogens with one attached hydrogen (secondary N) is 1. The summed E-state index contributed by atoms with van der Waals surface area (Å²) >= 11 is 0. The van der Waals surface area contributed by atoms with Crippen molar-refractivity contribution in [3.63, 3.8) is 0 Å². The summed E-state index contributed by atoms with van der Waals surface area (Å²) in [5.74, 6) is 1.28. The van der Waals surface area contributed by atoms with Crippen LogP contribution in [0.5, 0.6) is 11.5 Å². The molecule has 0 aromatic heterocycles. The molecule has 2 aromatic rings. The van der Waals surface area contributed by atoms with Crippen molar-refractivity contribution in [2.75, 3.05) is 19.5 Å². The third kappa shape index (κ3) is 3.09. The van der Waals surface area contributed by atoms with Crippen LogP contribution < -0.4 is 14.8 Å². The average molecular weight is 271 g/mol. The van der Waals surface area contributed by atoms with Crippen LogP contribution in [0.2, 0.25) is 0 Å². The number of anilines is 1. The third-order valence-electron chi connectivity index (χ3n) is 2.90. The molecule has 0 heterocycles. The Bertz CT molecular complexity index is 623. The molecule has 1 N–H and O–H groups in total. The first kappa shape index (κ1) is 13.9. The number of hydrogen-bond acceptors (Lipinski definition) is 3. The van der Waals surface area contributed by atoms with E-state index in [0.29, 0.717) is 11.5 Å². The molecule has 2 rings (SSSR count). The fourth-order valence-electron chi connectivity index (χ4n) is 2.00. The lowest BCUT2D eigenvalue weighted by molar-refractivity contribution is -0.114. The number of carbonyl (C=O) groups is 1. The molecule has 104 valence electrons. The smallest absolute Gasteiger partial charge is 0.221 e. The molecule has 0 radical (unpaired) electrons. The zero-order valence-corrected chi connectivity index (χ0v) is 11.8. The van der Waals surface area contributed by atoms with Crippen LogP contribution in [-0.2, 0) is 4.79 Å². The quantitative estimate of drug-likeness (QED) is 0.927. The van der Waals surface area contributed by atoms with Crippen LogP contribution >= 0.6 is 0 Å². The fraction of sp³-hybridized carbons (Fsp3) is 0.188. The number of benzene rings is 2. The molecule has 2 aromatic carbocycles. The van der Waals surface area contributed by atoms with Gasteiger partial charge in [-0.25, -0.2) is 0 Å². The van der Waals surface area contributed by atoms with E-state index in [2.05, 4.69) is 5.32 Å². The molecule has 1 amide bonds. The van der Waals surface area contributed by atoms with E-state index < -0.39 is 0 Å². The van der Waals surface area contributed by atoms with E-state index in [0.717, 1.165) is 16.8 Å². The number of hydrogen-bond donors (Lipinski definition) is 1. The van der Waals surface area contributed by atoms with Gasteiger partial charge >= 0.3 is 0 Å². The molecule has 4 nitrogen and oxygen atoms in total. The number of carbonyl (C=O) groups excluding carboxylic acids is 1. The topological polar surface area (TPSA) is 47.6 Å². The van der Waals surface area contributed by atoms with E-state index >= 15 is 0 Å². The van der Waals surface area contributed by atoms with Crippen LogP contribution in [0.1, 0.15) is 6.92 Å². The lowest BCUT2D eigenvalue weighted by Gasteiger charge is -2.10. The molecule has 0 fully saturated rings. The Morgan fingerprint density at radius 2 is 1.65 bits per heavy atom. The summed E-state index contributed by atoms with van der Waals surface area (Å²) in [7, 11) is 3.21. The molecule has 0 bridgehead atoms. The summed E-state index contributed by atoms with van der Waals surface area (Å²) < 4.78 is 10.5. The van der Waals surface area contributed by atoms with Gasteiger partial charge in [0.2, 0.25) is 5.91 Å². The molecule has 0 unspecified atom stereocenters. The average Bonchev–Trinajstić information content (AvgIpc) is 2.46. The van der Waals surface area contributed by atoms with Gasteiger partial charge in [0, 0.05) is 12.6 Å². The van der Waals surface area contributed by atoms with E-state index in [1.807, 2.05) is 42.5 Å². The highest BCUT2D eigenvalue weighted by Crippen LogP contribution is 2.32. The minimum Gasteiger partial charge on any atom is -0.493 e. The Hall–Kier alpha value is -2.49. The standard InChI is InChI=1S/C16H17NO3/c1-11(18)17-14-6-4-5-12(9-14)13-7-8-15(19-2)16(10-13)20-3/h4-10H,1-3H3,(H,17,18). The van der Waals surface area contributed by atoms with Crippen molar-refractivity contribution in [3.8, 4) is 22.6 Å². The van der Waals surface area contributed by atoms with Crippen LogP contribution in [-0.4, -0.2) is 20.1 Å². The van der Waals surface area contributed by atoms with Gasteiger partial charge in [0.05, 0.1) is 14.2 Å². The van der Waals surface area contributed by atoms with E-state index in [4.69, 9.17) is 9.47 Å². The summed E-state index contributed by atoms with van der Waals surface area (Å²) in [4.78, 5) is 11.1. The summed E-state index contributed by atoms with van der Waals surface area (Å²) in [5.41, 5.74) is 2.76. The highest BCUT2D eigenvalue weighted by atomic mass is 16.5. The van der Waals surface area contributed by atoms with Crippen molar-refractivity contribution in [1.29, 1.82) is 0 Å². The van der Waals surface area contributed by atoms with Gasteiger partial charge in [-0.3, -0.25) is 4.79 Å². The van der Waals surface area contributed by atoms with Gasteiger partial charge in [0.1, 0.15) is 0 Å². The molecule has 0 saturated carbocycles. The van der Waals surface area contributed by atoms with Gasteiger partial charge in [0.25, 0.3) is 0 Å². The van der Waals surface area contributed by atoms with Gasteiger partial charge in [-0.15, -0.1) is 0 Å². The SMILES string of the molecule is COc1ccc(-c2cccc(NC(C)=O)c2)cc1OC. The zero-order chi connectivity index (χ0) is 14.5. The van der Waals surface area contributed by atoms with Gasteiger partial charge in [-0.05, 0) is 35.4 Å². The van der Waals surface area contributed by atoms with Crippen LogP contribution in [0.4, 0.5) is 5.69 Å². The Balaban J connectivity index is 2.38. The normalized spacial score (nSPS) is 9.95. The minimum absolute atomic E-state index is 0.0885. The summed E-state index contributed by atoms with van der Waals surface area (Å²) in [6.07, 6.45) is 0. The predicted molar refractivity (Wildman–Crippen MR) is 79.3 cm³/mol. The lowest BCUT2D eigenvalue weighted by atomic mass is 10.0. The van der Waals surface area contributed by atoms with Gasteiger partial charge in [-0.2, -0.15) is 0 Å². The van der Waals surface area contributed by atoms with Crippen molar-refractivity contribution in [1.82, 2.24) is 0 Å². The largest absolute Gasteiger partial charge is 0.493 e. The zero-order valence-electron chi connectivity index (χ0n) is 11.8. The first-order chi connectivity index (χ1) is 9.63. The van der Waals surface area contributed by atoms with Crippen LogP contribution in [0.3, 0.4) is 0 Å². The maximum atomic E-state index is 11.1. The number of rotatable bonds is 4.